The van der Waals surface area contributed by atoms with Crippen LogP contribution in [0.25, 0.3) is 22.5 Å². The molecule has 1 aliphatic heterocycles. The number of pyridine rings is 2. The monoisotopic (exact) mass is 581 g/mol. The summed E-state index contributed by atoms with van der Waals surface area (Å²) in [5.41, 5.74) is 3.85. The molecule has 2 aliphatic carbocycles. The summed E-state index contributed by atoms with van der Waals surface area (Å²) in [7, 11) is 1.81. The van der Waals surface area contributed by atoms with E-state index >= 15 is 0 Å². The van der Waals surface area contributed by atoms with Crippen LogP contribution in [0.5, 0.6) is 0 Å². The highest BCUT2D eigenvalue weighted by Gasteiger charge is 2.29. The molecule has 1 amide bonds. The van der Waals surface area contributed by atoms with E-state index in [1.54, 1.807) is 33.7 Å². The number of nitrogens with zero attached hydrogens (tertiary/aromatic N) is 6. The molecule has 0 bridgehead atoms. The van der Waals surface area contributed by atoms with Crippen molar-refractivity contribution in [1.82, 2.24) is 29.2 Å². The minimum absolute atomic E-state index is 0.135. The van der Waals surface area contributed by atoms with E-state index < -0.39 is 5.91 Å². The zero-order valence-electron chi connectivity index (χ0n) is 24.6. The van der Waals surface area contributed by atoms with E-state index in [1.807, 2.05) is 19.3 Å². The highest BCUT2D eigenvalue weighted by atomic mass is 19.1. The van der Waals surface area contributed by atoms with Crippen LogP contribution in [0.2, 0.25) is 0 Å². The Morgan fingerprint density at radius 1 is 1.07 bits per heavy atom. The number of halogens is 1. The summed E-state index contributed by atoms with van der Waals surface area (Å²) in [5, 5.41) is 11.1. The highest BCUT2D eigenvalue weighted by Crippen LogP contribution is 2.42. The number of nitrogens with one attached hydrogen (secondary N) is 1. The molecule has 10 heteroatoms. The maximum absolute atomic E-state index is 14.4. The molecule has 0 unspecified atom stereocenters. The van der Waals surface area contributed by atoms with Crippen molar-refractivity contribution >= 4 is 11.7 Å². The quantitative estimate of drug-likeness (QED) is 0.293. The topological polar surface area (TPSA) is 97.9 Å². The van der Waals surface area contributed by atoms with Crippen molar-refractivity contribution in [3.8, 4) is 22.5 Å². The van der Waals surface area contributed by atoms with Crippen molar-refractivity contribution < 1.29 is 9.18 Å². The van der Waals surface area contributed by atoms with Gasteiger partial charge in [-0.05, 0) is 98.0 Å². The fourth-order valence-electron chi connectivity index (χ4n) is 6.25. The van der Waals surface area contributed by atoms with E-state index in [0.29, 0.717) is 35.6 Å². The molecule has 3 aliphatic rings. The molecule has 43 heavy (non-hydrogen) atoms. The van der Waals surface area contributed by atoms with Gasteiger partial charge in [-0.25, -0.2) is 9.37 Å². The first kappa shape index (κ1) is 27.6. The molecule has 1 aromatic carbocycles. The Morgan fingerprint density at radius 2 is 1.91 bits per heavy atom. The summed E-state index contributed by atoms with van der Waals surface area (Å²) in [5.74, 6) is 0.998. The van der Waals surface area contributed by atoms with Gasteiger partial charge >= 0.3 is 0 Å². The summed E-state index contributed by atoms with van der Waals surface area (Å²) in [6, 6.07) is 10.3. The Balaban J connectivity index is 1.23. The maximum Gasteiger partial charge on any atom is 0.263 e. The van der Waals surface area contributed by atoms with Gasteiger partial charge in [-0.3, -0.25) is 14.5 Å². The molecule has 4 heterocycles. The van der Waals surface area contributed by atoms with Crippen molar-refractivity contribution in [2.45, 2.75) is 64.0 Å². The molecule has 9 nitrogen and oxygen atoms in total. The van der Waals surface area contributed by atoms with Gasteiger partial charge in [-0.1, -0.05) is 13.0 Å². The molecule has 4 aromatic rings. The largest absolute Gasteiger partial charge is 0.317 e. The summed E-state index contributed by atoms with van der Waals surface area (Å²) < 4.78 is 17.9. The number of hydrogen-bond acceptors (Lipinski definition) is 6. The van der Waals surface area contributed by atoms with Gasteiger partial charge in [0.2, 0.25) is 0 Å². The molecule has 7 rings (SSSR count). The van der Waals surface area contributed by atoms with E-state index in [0.717, 1.165) is 67.6 Å². The standard InChI is InChI=1S/C33H36FN7O2/c1-20-4-3-11-40(16-20)17-21-12-28(33(43)41(18-21)25-8-9-25)32(42)37-30-14-23(13-29(36-30)22-5-6-22)26-10-7-24(34)15-27(26)31-38-35-19-39(31)2/h7,10,12-15,18-20,22,25H,3-6,8-9,11,16-17H2,1-2H3,(H,36,37,42)/t20-/m0/s1. The molecule has 1 saturated heterocycles. The summed E-state index contributed by atoms with van der Waals surface area (Å²) in [6.07, 6.45) is 9.86. The molecular formula is C33H36FN7O2. The fourth-order valence-corrected chi connectivity index (χ4v) is 6.25. The number of rotatable bonds is 8. The van der Waals surface area contributed by atoms with Crippen LogP contribution in [-0.4, -0.2) is 48.2 Å². The molecular weight excluding hydrogens is 545 g/mol. The molecule has 2 saturated carbocycles. The molecule has 222 valence electrons. The Morgan fingerprint density at radius 3 is 2.63 bits per heavy atom. The van der Waals surface area contributed by atoms with Crippen LogP contribution in [0.1, 0.15) is 79.0 Å². The number of carbonyl (C=O) groups excluding carboxylic acids is 1. The van der Waals surface area contributed by atoms with E-state index in [9.17, 15) is 14.0 Å². The lowest BCUT2D eigenvalue weighted by atomic mass is 9.98. The number of aromatic nitrogens is 5. The normalized spacial score (nSPS) is 19.0. The number of benzene rings is 1. The van der Waals surface area contributed by atoms with Gasteiger partial charge < -0.3 is 14.5 Å². The molecule has 1 atom stereocenters. The van der Waals surface area contributed by atoms with E-state index in [-0.39, 0.29) is 23.0 Å². The average molecular weight is 582 g/mol. The highest BCUT2D eigenvalue weighted by molar-refractivity contribution is 6.04. The van der Waals surface area contributed by atoms with E-state index in [1.165, 1.54) is 18.6 Å². The van der Waals surface area contributed by atoms with Crippen molar-refractivity contribution in [2.24, 2.45) is 13.0 Å². The first-order chi connectivity index (χ1) is 20.8. The first-order valence-electron chi connectivity index (χ1n) is 15.3. The number of aryl methyl sites for hydroxylation is 1. The molecule has 1 N–H and O–H groups in total. The third-order valence-electron chi connectivity index (χ3n) is 8.76. The summed E-state index contributed by atoms with van der Waals surface area (Å²) in [4.78, 5) is 34.5. The average Bonchev–Trinajstić information content (AvgIpc) is 3.92. The zero-order valence-corrected chi connectivity index (χ0v) is 24.6. The van der Waals surface area contributed by atoms with E-state index in [2.05, 4.69) is 27.3 Å². The van der Waals surface area contributed by atoms with Gasteiger partial charge in [0.1, 0.15) is 23.5 Å². The lowest BCUT2D eigenvalue weighted by Gasteiger charge is -2.31. The van der Waals surface area contributed by atoms with Gasteiger partial charge in [-0.2, -0.15) is 0 Å². The van der Waals surface area contributed by atoms with Gasteiger partial charge in [0.15, 0.2) is 5.82 Å². The Labute approximate surface area is 249 Å². The van der Waals surface area contributed by atoms with Crippen LogP contribution < -0.4 is 10.9 Å². The Bertz CT molecular complexity index is 1750. The van der Waals surface area contributed by atoms with Crippen LogP contribution in [0.15, 0.2) is 53.7 Å². The van der Waals surface area contributed by atoms with Crippen LogP contribution in [0.3, 0.4) is 0 Å². The third-order valence-corrected chi connectivity index (χ3v) is 8.76. The van der Waals surface area contributed by atoms with E-state index in [4.69, 9.17) is 4.98 Å². The van der Waals surface area contributed by atoms with Gasteiger partial charge in [0, 0.05) is 49.6 Å². The fraction of sp³-hybridized carbons (Fsp3) is 0.424. The lowest BCUT2D eigenvalue weighted by Crippen LogP contribution is -2.35. The minimum atomic E-state index is -0.465. The zero-order chi connectivity index (χ0) is 29.7. The van der Waals surface area contributed by atoms with Crippen molar-refractivity contribution in [3.05, 3.63) is 81.9 Å². The second-order valence-corrected chi connectivity index (χ2v) is 12.5. The second kappa shape index (κ2) is 11.1. The van der Waals surface area contributed by atoms with Crippen LogP contribution >= 0.6 is 0 Å². The van der Waals surface area contributed by atoms with Crippen LogP contribution in [0, 0.1) is 11.7 Å². The van der Waals surface area contributed by atoms with Gasteiger partial charge in [-0.15, -0.1) is 10.2 Å². The predicted molar refractivity (Wildman–Crippen MR) is 162 cm³/mol. The number of amides is 1. The second-order valence-electron chi connectivity index (χ2n) is 12.5. The van der Waals surface area contributed by atoms with Crippen LogP contribution in [0.4, 0.5) is 10.2 Å². The van der Waals surface area contributed by atoms with Gasteiger partial charge in [0.25, 0.3) is 11.5 Å². The smallest absolute Gasteiger partial charge is 0.263 e. The summed E-state index contributed by atoms with van der Waals surface area (Å²) >= 11 is 0. The van der Waals surface area contributed by atoms with Gasteiger partial charge in [0.05, 0.1) is 0 Å². The molecule has 0 spiro atoms. The van der Waals surface area contributed by atoms with Crippen molar-refractivity contribution in [2.75, 3.05) is 18.4 Å². The number of likely N-dealkylation sites (tertiary alicyclic amines) is 1. The number of piperidine rings is 1. The minimum Gasteiger partial charge on any atom is -0.317 e. The third kappa shape index (κ3) is 5.88. The number of carbonyl (C=O) groups is 1. The Kier molecular flexibility index (Phi) is 7.17. The number of hydrogen-bond donors (Lipinski definition) is 1. The predicted octanol–water partition coefficient (Wildman–Crippen LogP) is 5.54. The van der Waals surface area contributed by atoms with Crippen molar-refractivity contribution in [1.29, 1.82) is 0 Å². The SMILES string of the molecule is C[C@H]1CCCN(Cc2cc(C(=O)Nc3cc(-c4ccc(F)cc4-c4nncn4C)cc(C4CC4)n3)c(=O)n(C3CC3)c2)C1. The first-order valence-corrected chi connectivity index (χ1v) is 15.3. The summed E-state index contributed by atoms with van der Waals surface area (Å²) in [6.45, 7) is 5.03. The van der Waals surface area contributed by atoms with Crippen molar-refractivity contribution in [3.63, 3.8) is 0 Å². The molecule has 0 radical (unpaired) electrons. The lowest BCUT2D eigenvalue weighted by molar-refractivity contribution is 0.102. The maximum atomic E-state index is 14.4. The molecule has 3 fully saturated rings. The number of anilines is 1. The molecule has 3 aromatic heterocycles. The Hall–Kier alpha value is -4.18. The van der Waals surface area contributed by atoms with Crippen LogP contribution in [-0.2, 0) is 13.6 Å².